The number of rotatable bonds is 7. The Morgan fingerprint density at radius 2 is 1.84 bits per heavy atom. The molecule has 0 aliphatic carbocycles. The molecule has 1 fully saturated rings. The molecule has 2 rings (SSSR count). The summed E-state index contributed by atoms with van der Waals surface area (Å²) in [5.74, 6) is -0.539. The third kappa shape index (κ3) is 6.72. The van der Waals surface area contributed by atoms with Crippen LogP contribution in [0.1, 0.15) is 19.4 Å². The van der Waals surface area contributed by atoms with Gasteiger partial charge in [-0.3, -0.25) is 14.5 Å². The second-order valence-corrected chi connectivity index (χ2v) is 6.17. The zero-order valence-corrected chi connectivity index (χ0v) is 14.9. The van der Waals surface area contributed by atoms with Gasteiger partial charge in [0.05, 0.1) is 19.3 Å². The van der Waals surface area contributed by atoms with E-state index in [1.54, 1.807) is 0 Å². The predicted molar refractivity (Wildman–Crippen MR) is 94.3 cm³/mol. The Labute approximate surface area is 148 Å². The van der Waals surface area contributed by atoms with Gasteiger partial charge in [0.15, 0.2) is 0 Å². The molecular formula is C18H27N3O4. The van der Waals surface area contributed by atoms with E-state index < -0.39 is 11.8 Å². The zero-order valence-electron chi connectivity index (χ0n) is 14.9. The Kier molecular flexibility index (Phi) is 7.69. The van der Waals surface area contributed by atoms with Crippen LogP contribution in [-0.4, -0.2) is 62.2 Å². The predicted octanol–water partition coefficient (Wildman–Crippen LogP) is 0.538. The molecule has 7 nitrogen and oxygen atoms in total. The summed E-state index contributed by atoms with van der Waals surface area (Å²) in [6.07, 6.45) is 0.0420. The number of amides is 2. The van der Waals surface area contributed by atoms with Gasteiger partial charge < -0.3 is 20.1 Å². The van der Waals surface area contributed by atoms with Crippen LogP contribution >= 0.6 is 0 Å². The molecule has 1 aromatic carbocycles. The average Bonchev–Trinajstić information content (AvgIpc) is 2.61. The Hall–Kier alpha value is -2.12. The van der Waals surface area contributed by atoms with Crippen molar-refractivity contribution in [1.82, 2.24) is 15.5 Å². The molecule has 25 heavy (non-hydrogen) atoms. The van der Waals surface area contributed by atoms with Crippen LogP contribution < -0.4 is 15.4 Å². The standard InChI is InChI=1S/C18H27N3O4/c1-14(2)25-16-6-4-3-5-15(16)13-20-18(23)17(22)19-7-8-21-9-11-24-12-10-21/h3-6,14H,7-13H2,1-2H3,(H,19,22)(H,20,23). The van der Waals surface area contributed by atoms with Gasteiger partial charge in [0, 0.05) is 38.3 Å². The zero-order chi connectivity index (χ0) is 18.1. The molecule has 1 aliphatic rings. The highest BCUT2D eigenvalue weighted by molar-refractivity contribution is 6.35. The first kappa shape index (κ1) is 19.2. The molecule has 138 valence electrons. The molecule has 0 unspecified atom stereocenters. The van der Waals surface area contributed by atoms with Crippen LogP contribution in [-0.2, 0) is 20.9 Å². The van der Waals surface area contributed by atoms with Crippen LogP contribution in [0.2, 0.25) is 0 Å². The van der Waals surface area contributed by atoms with Gasteiger partial charge in [-0.2, -0.15) is 0 Å². The third-order valence-corrected chi connectivity index (χ3v) is 3.80. The van der Waals surface area contributed by atoms with E-state index in [1.807, 2.05) is 38.1 Å². The number of nitrogens with one attached hydrogen (secondary N) is 2. The second kappa shape index (κ2) is 10.0. The topological polar surface area (TPSA) is 79.9 Å². The lowest BCUT2D eigenvalue weighted by Crippen LogP contribution is -2.45. The van der Waals surface area contributed by atoms with Crippen molar-refractivity contribution in [2.45, 2.75) is 26.5 Å². The molecule has 0 bridgehead atoms. The number of carbonyl (C=O) groups excluding carboxylic acids is 2. The van der Waals surface area contributed by atoms with E-state index in [0.717, 1.165) is 18.7 Å². The number of morpholine rings is 1. The van der Waals surface area contributed by atoms with Crippen LogP contribution in [0.25, 0.3) is 0 Å². The fourth-order valence-corrected chi connectivity index (χ4v) is 2.51. The fraction of sp³-hybridized carbons (Fsp3) is 0.556. The number of carbonyl (C=O) groups is 2. The highest BCUT2D eigenvalue weighted by atomic mass is 16.5. The van der Waals surface area contributed by atoms with Gasteiger partial charge in [-0.1, -0.05) is 18.2 Å². The van der Waals surface area contributed by atoms with Crippen LogP contribution in [0, 0.1) is 0 Å². The first-order valence-corrected chi connectivity index (χ1v) is 8.67. The lowest BCUT2D eigenvalue weighted by Gasteiger charge is -2.26. The van der Waals surface area contributed by atoms with Gasteiger partial charge in [-0.25, -0.2) is 0 Å². The molecule has 0 atom stereocenters. The second-order valence-electron chi connectivity index (χ2n) is 6.17. The van der Waals surface area contributed by atoms with Crippen molar-refractivity contribution in [3.05, 3.63) is 29.8 Å². The van der Waals surface area contributed by atoms with Gasteiger partial charge in [-0.15, -0.1) is 0 Å². The van der Waals surface area contributed by atoms with Crippen molar-refractivity contribution in [1.29, 1.82) is 0 Å². The Morgan fingerprint density at radius 3 is 2.56 bits per heavy atom. The molecule has 1 aromatic rings. The van der Waals surface area contributed by atoms with Gasteiger partial charge >= 0.3 is 11.8 Å². The quantitative estimate of drug-likeness (QED) is 0.703. The number of nitrogens with zero attached hydrogens (tertiary/aromatic N) is 1. The Morgan fingerprint density at radius 1 is 1.16 bits per heavy atom. The minimum absolute atomic E-state index is 0.0420. The monoisotopic (exact) mass is 349 g/mol. The van der Waals surface area contributed by atoms with Gasteiger partial charge in [0.25, 0.3) is 0 Å². The smallest absolute Gasteiger partial charge is 0.309 e. The number of para-hydroxylation sites is 1. The SMILES string of the molecule is CC(C)Oc1ccccc1CNC(=O)C(=O)NCCN1CCOCC1. The summed E-state index contributed by atoms with van der Waals surface area (Å²) in [7, 11) is 0. The van der Waals surface area contributed by atoms with E-state index in [0.29, 0.717) is 32.1 Å². The van der Waals surface area contributed by atoms with Crippen LogP contribution in [0.15, 0.2) is 24.3 Å². The summed E-state index contributed by atoms with van der Waals surface area (Å²) in [6.45, 7) is 8.43. The van der Waals surface area contributed by atoms with E-state index in [1.165, 1.54) is 0 Å². The highest BCUT2D eigenvalue weighted by Crippen LogP contribution is 2.18. The molecule has 0 spiro atoms. The number of hydrogen-bond donors (Lipinski definition) is 2. The van der Waals surface area contributed by atoms with Crippen molar-refractivity contribution in [2.24, 2.45) is 0 Å². The lowest BCUT2D eigenvalue weighted by atomic mass is 10.2. The van der Waals surface area contributed by atoms with Crippen molar-refractivity contribution >= 4 is 11.8 Å². The van der Waals surface area contributed by atoms with Gasteiger partial charge in [0.1, 0.15) is 5.75 Å². The van der Waals surface area contributed by atoms with Crippen molar-refractivity contribution in [2.75, 3.05) is 39.4 Å². The number of hydrogen-bond acceptors (Lipinski definition) is 5. The molecule has 7 heteroatoms. The molecule has 0 saturated carbocycles. The Bertz CT molecular complexity index is 571. The van der Waals surface area contributed by atoms with E-state index in [4.69, 9.17) is 9.47 Å². The molecule has 2 amide bonds. The highest BCUT2D eigenvalue weighted by Gasteiger charge is 2.15. The summed E-state index contributed by atoms with van der Waals surface area (Å²) in [6, 6.07) is 7.47. The summed E-state index contributed by atoms with van der Waals surface area (Å²) in [4.78, 5) is 26.0. The summed E-state index contributed by atoms with van der Waals surface area (Å²) in [5.41, 5.74) is 0.839. The van der Waals surface area contributed by atoms with Crippen LogP contribution in [0.4, 0.5) is 0 Å². The average molecular weight is 349 g/mol. The molecule has 0 aromatic heterocycles. The molecule has 2 N–H and O–H groups in total. The minimum atomic E-state index is -0.638. The largest absolute Gasteiger partial charge is 0.491 e. The Balaban J connectivity index is 1.73. The summed E-state index contributed by atoms with van der Waals surface area (Å²) in [5, 5.41) is 5.28. The maximum atomic E-state index is 11.9. The lowest BCUT2D eigenvalue weighted by molar-refractivity contribution is -0.139. The van der Waals surface area contributed by atoms with E-state index in [-0.39, 0.29) is 12.6 Å². The maximum Gasteiger partial charge on any atom is 0.309 e. The van der Waals surface area contributed by atoms with Gasteiger partial charge in [-0.05, 0) is 19.9 Å². The molecule has 1 saturated heterocycles. The van der Waals surface area contributed by atoms with Crippen LogP contribution in [0.5, 0.6) is 5.75 Å². The molecular weight excluding hydrogens is 322 g/mol. The van der Waals surface area contributed by atoms with E-state index in [2.05, 4.69) is 15.5 Å². The number of ether oxygens (including phenoxy) is 2. The van der Waals surface area contributed by atoms with E-state index in [9.17, 15) is 9.59 Å². The van der Waals surface area contributed by atoms with Crippen molar-refractivity contribution < 1.29 is 19.1 Å². The number of benzene rings is 1. The normalized spacial score (nSPS) is 15.0. The molecule has 1 heterocycles. The fourth-order valence-electron chi connectivity index (χ4n) is 2.51. The maximum absolute atomic E-state index is 11.9. The first-order valence-electron chi connectivity index (χ1n) is 8.67. The summed E-state index contributed by atoms with van der Waals surface area (Å²) >= 11 is 0. The third-order valence-electron chi connectivity index (χ3n) is 3.80. The van der Waals surface area contributed by atoms with Gasteiger partial charge in [0.2, 0.25) is 0 Å². The van der Waals surface area contributed by atoms with Crippen LogP contribution in [0.3, 0.4) is 0 Å². The minimum Gasteiger partial charge on any atom is -0.491 e. The first-order chi connectivity index (χ1) is 12.1. The van der Waals surface area contributed by atoms with Crippen molar-refractivity contribution in [3.8, 4) is 5.75 Å². The summed E-state index contributed by atoms with van der Waals surface area (Å²) < 4.78 is 11.0. The van der Waals surface area contributed by atoms with Crippen molar-refractivity contribution in [3.63, 3.8) is 0 Å². The van der Waals surface area contributed by atoms with E-state index >= 15 is 0 Å². The molecule has 0 radical (unpaired) electrons. The molecule has 1 aliphatic heterocycles.